The van der Waals surface area contributed by atoms with Gasteiger partial charge in [0.25, 0.3) is 0 Å². The molecule has 2 unspecified atom stereocenters. The number of fused-ring (bicyclic) bond motifs is 1. The van der Waals surface area contributed by atoms with E-state index in [1.165, 1.54) is 58.0 Å². The first-order valence-electron chi connectivity index (χ1n) is 12.5. The van der Waals surface area contributed by atoms with Crippen LogP contribution in [0.2, 0.25) is 0 Å². The fourth-order valence-electron chi connectivity index (χ4n) is 5.42. The van der Waals surface area contributed by atoms with Crippen LogP contribution in [0.5, 0.6) is 0 Å². The summed E-state index contributed by atoms with van der Waals surface area (Å²) >= 11 is 0. The molecule has 2 N–H and O–H groups in total. The lowest BCUT2D eigenvalue weighted by molar-refractivity contribution is 0.177. The molecule has 0 spiro atoms. The Morgan fingerprint density at radius 1 is 1.16 bits per heavy atom. The highest BCUT2D eigenvalue weighted by Crippen LogP contribution is 2.27. The molecule has 1 aromatic heterocycles. The lowest BCUT2D eigenvalue weighted by Crippen LogP contribution is -2.47. The second kappa shape index (κ2) is 13.1. The maximum atomic E-state index is 5.18. The summed E-state index contributed by atoms with van der Waals surface area (Å²) in [5.74, 6) is 3.69. The SMILES string of the molecule is CCNC(=NCC1CCCN1CC1CCCCC1)NC1CCc2nc(COC)nn2C1.I. The van der Waals surface area contributed by atoms with Crippen LogP contribution in [0.4, 0.5) is 0 Å². The van der Waals surface area contributed by atoms with Gasteiger partial charge in [0, 0.05) is 38.7 Å². The zero-order chi connectivity index (χ0) is 21.5. The van der Waals surface area contributed by atoms with E-state index >= 15 is 0 Å². The molecule has 0 bridgehead atoms. The number of nitrogens with one attached hydrogen (secondary N) is 2. The Labute approximate surface area is 210 Å². The molecule has 2 fully saturated rings. The molecule has 3 heterocycles. The average Bonchev–Trinajstić information content (AvgIpc) is 3.39. The molecule has 3 aliphatic rings. The first-order valence-corrected chi connectivity index (χ1v) is 12.5. The van der Waals surface area contributed by atoms with Gasteiger partial charge in [0.2, 0.25) is 0 Å². The summed E-state index contributed by atoms with van der Waals surface area (Å²) in [4.78, 5) is 12.3. The van der Waals surface area contributed by atoms with Gasteiger partial charge in [-0.05, 0) is 51.5 Å². The largest absolute Gasteiger partial charge is 0.377 e. The van der Waals surface area contributed by atoms with E-state index in [1.54, 1.807) is 7.11 Å². The minimum absolute atomic E-state index is 0. The van der Waals surface area contributed by atoms with E-state index in [0.29, 0.717) is 18.7 Å². The van der Waals surface area contributed by atoms with Crippen molar-refractivity contribution in [1.29, 1.82) is 0 Å². The van der Waals surface area contributed by atoms with E-state index in [4.69, 9.17) is 9.73 Å². The molecule has 2 atom stereocenters. The lowest BCUT2D eigenvalue weighted by Gasteiger charge is -2.30. The average molecular weight is 560 g/mol. The molecule has 1 saturated carbocycles. The summed E-state index contributed by atoms with van der Waals surface area (Å²) in [5, 5.41) is 11.7. The number of methoxy groups -OCH3 is 1. The molecule has 32 heavy (non-hydrogen) atoms. The van der Waals surface area contributed by atoms with E-state index in [0.717, 1.165) is 56.0 Å². The molecule has 8 nitrogen and oxygen atoms in total. The minimum atomic E-state index is 0. The normalized spacial score (nSPS) is 24.8. The van der Waals surface area contributed by atoms with Crippen LogP contribution in [0.1, 0.15) is 69.9 Å². The molecule has 1 aromatic rings. The van der Waals surface area contributed by atoms with E-state index in [9.17, 15) is 0 Å². The number of guanidine groups is 1. The number of hydrogen-bond acceptors (Lipinski definition) is 5. The van der Waals surface area contributed by atoms with Crippen molar-refractivity contribution in [2.75, 3.05) is 33.3 Å². The van der Waals surface area contributed by atoms with Gasteiger partial charge in [-0.2, -0.15) is 5.10 Å². The number of likely N-dealkylation sites (tertiary alicyclic amines) is 1. The van der Waals surface area contributed by atoms with Gasteiger partial charge < -0.3 is 15.4 Å². The van der Waals surface area contributed by atoms with Gasteiger partial charge in [0.1, 0.15) is 12.4 Å². The van der Waals surface area contributed by atoms with Gasteiger partial charge in [0.05, 0.1) is 13.1 Å². The van der Waals surface area contributed by atoms with Crippen molar-refractivity contribution < 1.29 is 4.74 Å². The Balaban J connectivity index is 0.00000289. The third-order valence-electron chi connectivity index (χ3n) is 7.04. The third kappa shape index (κ3) is 7.03. The van der Waals surface area contributed by atoms with Gasteiger partial charge in [0.15, 0.2) is 11.8 Å². The van der Waals surface area contributed by atoms with Crippen molar-refractivity contribution in [2.45, 2.75) is 89.9 Å². The predicted octanol–water partition coefficient (Wildman–Crippen LogP) is 2.96. The van der Waals surface area contributed by atoms with Crippen molar-refractivity contribution in [3.63, 3.8) is 0 Å². The quantitative estimate of drug-likeness (QED) is 0.290. The standard InChI is InChI=1S/C23H41N7O.HI/c1-3-24-23(26-19-11-12-22-27-21(17-31-2)28-30(22)16-19)25-14-20-10-7-13-29(20)15-18-8-5-4-6-9-18;/h18-20H,3-17H2,1-2H3,(H2,24,25,26);1H. The Hall–Kier alpha value is -0.940. The Morgan fingerprint density at radius 3 is 2.78 bits per heavy atom. The number of aryl methyl sites for hydroxylation is 1. The summed E-state index contributed by atoms with van der Waals surface area (Å²) < 4.78 is 7.21. The van der Waals surface area contributed by atoms with Gasteiger partial charge in [-0.15, -0.1) is 24.0 Å². The van der Waals surface area contributed by atoms with Crippen LogP contribution in [-0.2, 0) is 24.3 Å². The van der Waals surface area contributed by atoms with Gasteiger partial charge in [-0.3, -0.25) is 9.89 Å². The summed E-state index contributed by atoms with van der Waals surface area (Å²) in [6.07, 6.45) is 11.7. The topological polar surface area (TPSA) is 79.6 Å². The third-order valence-corrected chi connectivity index (χ3v) is 7.04. The van der Waals surface area contributed by atoms with Gasteiger partial charge in [-0.25, -0.2) is 9.67 Å². The van der Waals surface area contributed by atoms with Crippen molar-refractivity contribution >= 4 is 29.9 Å². The molecular weight excluding hydrogens is 517 g/mol. The van der Waals surface area contributed by atoms with E-state index in [1.807, 2.05) is 4.68 Å². The molecule has 2 aliphatic heterocycles. The van der Waals surface area contributed by atoms with E-state index in [2.05, 4.69) is 32.5 Å². The number of ether oxygens (including phenoxy) is 1. The molecular formula is C23H42IN7O. The molecule has 182 valence electrons. The number of rotatable bonds is 8. The van der Waals surface area contributed by atoms with Gasteiger partial charge in [-0.1, -0.05) is 19.3 Å². The van der Waals surface area contributed by atoms with Crippen molar-refractivity contribution in [1.82, 2.24) is 30.3 Å². The summed E-state index contributed by atoms with van der Waals surface area (Å²) in [6.45, 7) is 7.74. The zero-order valence-electron chi connectivity index (χ0n) is 19.9. The first kappa shape index (κ1) is 25.7. The van der Waals surface area contributed by atoms with Gasteiger partial charge >= 0.3 is 0 Å². The van der Waals surface area contributed by atoms with Crippen molar-refractivity contribution in [2.24, 2.45) is 10.9 Å². The second-order valence-corrected chi connectivity index (χ2v) is 9.45. The van der Waals surface area contributed by atoms with Crippen LogP contribution in [-0.4, -0.2) is 71.0 Å². The monoisotopic (exact) mass is 559 g/mol. The molecule has 0 aromatic carbocycles. The summed E-state index contributed by atoms with van der Waals surface area (Å²) in [7, 11) is 1.68. The lowest BCUT2D eigenvalue weighted by atomic mass is 9.89. The minimum Gasteiger partial charge on any atom is -0.377 e. The maximum Gasteiger partial charge on any atom is 0.191 e. The smallest absolute Gasteiger partial charge is 0.191 e. The van der Waals surface area contributed by atoms with Crippen LogP contribution in [0.25, 0.3) is 0 Å². The van der Waals surface area contributed by atoms with Crippen LogP contribution in [0.3, 0.4) is 0 Å². The molecule has 0 amide bonds. The van der Waals surface area contributed by atoms with Crippen LogP contribution in [0, 0.1) is 5.92 Å². The fraction of sp³-hybridized carbons (Fsp3) is 0.870. The molecule has 0 radical (unpaired) electrons. The Kier molecular flexibility index (Phi) is 10.5. The van der Waals surface area contributed by atoms with Crippen LogP contribution in [0.15, 0.2) is 4.99 Å². The zero-order valence-corrected chi connectivity index (χ0v) is 22.2. The van der Waals surface area contributed by atoms with E-state index < -0.39 is 0 Å². The number of halogens is 1. The summed E-state index contributed by atoms with van der Waals surface area (Å²) in [6, 6.07) is 0.923. The van der Waals surface area contributed by atoms with Crippen molar-refractivity contribution in [3.8, 4) is 0 Å². The Morgan fingerprint density at radius 2 is 2.00 bits per heavy atom. The fourth-order valence-corrected chi connectivity index (χ4v) is 5.42. The maximum absolute atomic E-state index is 5.18. The van der Waals surface area contributed by atoms with Crippen LogP contribution < -0.4 is 10.6 Å². The summed E-state index contributed by atoms with van der Waals surface area (Å²) in [5.41, 5.74) is 0. The Bertz CT molecular complexity index is 719. The van der Waals surface area contributed by atoms with Crippen LogP contribution >= 0.6 is 24.0 Å². The molecule has 1 aliphatic carbocycles. The number of nitrogens with zero attached hydrogens (tertiary/aromatic N) is 5. The molecule has 1 saturated heterocycles. The molecule has 9 heteroatoms. The highest BCUT2D eigenvalue weighted by molar-refractivity contribution is 14.0. The van der Waals surface area contributed by atoms with E-state index in [-0.39, 0.29) is 24.0 Å². The first-order chi connectivity index (χ1) is 15.2. The number of hydrogen-bond donors (Lipinski definition) is 2. The number of aliphatic imine (C=N–C) groups is 1. The second-order valence-electron chi connectivity index (χ2n) is 9.45. The number of aromatic nitrogens is 3. The van der Waals surface area contributed by atoms with Crippen molar-refractivity contribution in [3.05, 3.63) is 11.6 Å². The molecule has 4 rings (SSSR count). The highest BCUT2D eigenvalue weighted by atomic mass is 127. The highest BCUT2D eigenvalue weighted by Gasteiger charge is 2.28. The predicted molar refractivity (Wildman–Crippen MR) is 139 cm³/mol.